The number of carbonyl (C=O) groups is 1. The van der Waals surface area contributed by atoms with Gasteiger partial charge in [-0.3, -0.25) is 9.69 Å². The Hall–Kier alpha value is -0.370. The van der Waals surface area contributed by atoms with E-state index in [4.69, 9.17) is 0 Å². The summed E-state index contributed by atoms with van der Waals surface area (Å²) in [5, 5.41) is 0. The highest BCUT2D eigenvalue weighted by atomic mass is 16.1. The molecule has 0 bridgehead atoms. The van der Waals surface area contributed by atoms with Crippen LogP contribution in [0.3, 0.4) is 0 Å². The van der Waals surface area contributed by atoms with Crippen molar-refractivity contribution in [1.82, 2.24) is 4.90 Å². The minimum atomic E-state index is 0.264. The van der Waals surface area contributed by atoms with Crippen molar-refractivity contribution in [2.45, 2.75) is 52.0 Å². The first-order chi connectivity index (χ1) is 6.00. The molecule has 0 spiro atoms. The predicted octanol–water partition coefficient (Wildman–Crippen LogP) is 2.23. The van der Waals surface area contributed by atoms with Crippen LogP contribution in [0.25, 0.3) is 0 Å². The molecule has 1 fully saturated rings. The summed E-state index contributed by atoms with van der Waals surface area (Å²) in [5.41, 5.74) is 0.264. The lowest BCUT2D eigenvalue weighted by molar-refractivity contribution is -0.120. The Labute approximate surface area is 81.3 Å². The first-order valence-corrected chi connectivity index (χ1v) is 5.27. The summed E-state index contributed by atoms with van der Waals surface area (Å²) < 4.78 is 0. The molecule has 76 valence electrons. The zero-order valence-electron chi connectivity index (χ0n) is 9.10. The minimum Gasteiger partial charge on any atom is -0.300 e. The second-order valence-corrected chi connectivity index (χ2v) is 4.90. The number of carbonyl (C=O) groups excluding carboxylic acids is 1. The Kier molecular flexibility index (Phi) is 3.48. The fourth-order valence-corrected chi connectivity index (χ4v) is 1.84. The van der Waals surface area contributed by atoms with Crippen molar-refractivity contribution < 1.29 is 4.79 Å². The van der Waals surface area contributed by atoms with Crippen LogP contribution in [0.4, 0.5) is 0 Å². The lowest BCUT2D eigenvalue weighted by atomic mass is 10.0. The number of Topliss-reactive ketones (excluding diaryl/α,β-unsaturated/α-hetero) is 1. The van der Waals surface area contributed by atoms with Crippen LogP contribution in [-0.4, -0.2) is 29.3 Å². The summed E-state index contributed by atoms with van der Waals surface area (Å²) in [7, 11) is 0. The minimum absolute atomic E-state index is 0.264. The van der Waals surface area contributed by atoms with Crippen LogP contribution in [0.2, 0.25) is 0 Å². The van der Waals surface area contributed by atoms with E-state index >= 15 is 0 Å². The zero-order valence-corrected chi connectivity index (χ0v) is 9.10. The molecule has 0 aromatic carbocycles. The van der Waals surface area contributed by atoms with E-state index < -0.39 is 0 Å². The molecule has 0 N–H and O–H groups in total. The molecule has 0 atom stereocenters. The molecule has 0 amide bonds. The van der Waals surface area contributed by atoms with Crippen LogP contribution in [-0.2, 0) is 4.79 Å². The van der Waals surface area contributed by atoms with E-state index in [0.29, 0.717) is 5.78 Å². The van der Waals surface area contributed by atoms with Gasteiger partial charge in [0.05, 0.1) is 0 Å². The molecule has 1 aliphatic heterocycles. The topological polar surface area (TPSA) is 20.3 Å². The van der Waals surface area contributed by atoms with Gasteiger partial charge in [0.2, 0.25) is 0 Å². The van der Waals surface area contributed by atoms with Crippen LogP contribution in [0.1, 0.15) is 46.5 Å². The van der Waals surface area contributed by atoms with Crippen LogP contribution in [0.15, 0.2) is 0 Å². The molecule has 0 radical (unpaired) electrons. The van der Waals surface area contributed by atoms with Crippen LogP contribution >= 0.6 is 0 Å². The number of hydrogen-bond acceptors (Lipinski definition) is 2. The maximum Gasteiger partial charge on any atom is 0.133 e. The third-order valence-electron chi connectivity index (χ3n) is 2.72. The maximum atomic E-state index is 11.2. The fraction of sp³-hybridized carbons (Fsp3) is 0.909. The van der Waals surface area contributed by atoms with Crippen molar-refractivity contribution in [3.05, 3.63) is 0 Å². The first-order valence-electron chi connectivity index (χ1n) is 5.27. The van der Waals surface area contributed by atoms with Crippen LogP contribution in [0, 0.1) is 0 Å². The number of rotatable bonds is 0. The van der Waals surface area contributed by atoms with Gasteiger partial charge >= 0.3 is 0 Å². The molecule has 0 aromatic heterocycles. The lowest BCUT2D eigenvalue weighted by Gasteiger charge is -2.36. The summed E-state index contributed by atoms with van der Waals surface area (Å²) in [6.45, 7) is 8.90. The summed E-state index contributed by atoms with van der Waals surface area (Å²) in [5.74, 6) is 0.452. The zero-order chi connectivity index (χ0) is 9.90. The molecule has 0 aromatic rings. The molecule has 2 nitrogen and oxygen atoms in total. The van der Waals surface area contributed by atoms with Gasteiger partial charge in [-0.1, -0.05) is 0 Å². The van der Waals surface area contributed by atoms with Crippen molar-refractivity contribution in [3.8, 4) is 0 Å². The Balaban J connectivity index is 2.46. The maximum absolute atomic E-state index is 11.2. The Morgan fingerprint density at radius 2 is 1.54 bits per heavy atom. The highest BCUT2D eigenvalue weighted by molar-refractivity contribution is 5.78. The molecule has 0 aliphatic carbocycles. The van der Waals surface area contributed by atoms with Gasteiger partial charge in [0.25, 0.3) is 0 Å². The SMILES string of the molecule is CC(C)(C)N1CCCC(=O)CCC1. The predicted molar refractivity (Wildman–Crippen MR) is 54.8 cm³/mol. The number of ketones is 1. The van der Waals surface area contributed by atoms with Crippen LogP contribution in [0.5, 0.6) is 0 Å². The number of hydrogen-bond donors (Lipinski definition) is 0. The molecule has 0 saturated carbocycles. The molecule has 13 heavy (non-hydrogen) atoms. The van der Waals surface area contributed by atoms with Gasteiger partial charge in [-0.2, -0.15) is 0 Å². The Bertz CT molecular complexity index is 169. The Morgan fingerprint density at radius 3 is 1.92 bits per heavy atom. The molecular formula is C11H21NO. The normalized spacial score (nSPS) is 22.5. The van der Waals surface area contributed by atoms with Gasteiger partial charge in [-0.15, -0.1) is 0 Å². The largest absolute Gasteiger partial charge is 0.300 e. The van der Waals surface area contributed by atoms with Crippen LogP contribution < -0.4 is 0 Å². The van der Waals surface area contributed by atoms with Gasteiger partial charge in [0, 0.05) is 18.4 Å². The second-order valence-electron chi connectivity index (χ2n) is 4.90. The third-order valence-corrected chi connectivity index (χ3v) is 2.72. The van der Waals surface area contributed by atoms with E-state index in [9.17, 15) is 4.79 Å². The number of likely N-dealkylation sites (tertiary alicyclic amines) is 1. The lowest BCUT2D eigenvalue weighted by Crippen LogP contribution is -2.43. The van der Waals surface area contributed by atoms with Gasteiger partial charge in [0.15, 0.2) is 0 Å². The Morgan fingerprint density at radius 1 is 1.08 bits per heavy atom. The highest BCUT2D eigenvalue weighted by Gasteiger charge is 2.22. The van der Waals surface area contributed by atoms with E-state index in [0.717, 1.165) is 38.8 Å². The van der Waals surface area contributed by atoms with Gasteiger partial charge in [0.1, 0.15) is 5.78 Å². The van der Waals surface area contributed by atoms with Gasteiger partial charge in [-0.25, -0.2) is 0 Å². The van der Waals surface area contributed by atoms with E-state index in [1.54, 1.807) is 0 Å². The van der Waals surface area contributed by atoms with Gasteiger partial charge < -0.3 is 0 Å². The molecular weight excluding hydrogens is 162 g/mol. The highest BCUT2D eigenvalue weighted by Crippen LogP contribution is 2.17. The average Bonchev–Trinajstić information content (AvgIpc) is 1.93. The molecule has 1 saturated heterocycles. The molecule has 0 unspecified atom stereocenters. The third kappa shape index (κ3) is 3.47. The molecule has 2 heteroatoms. The summed E-state index contributed by atoms with van der Waals surface area (Å²) >= 11 is 0. The van der Waals surface area contributed by atoms with Crippen molar-refractivity contribution in [2.75, 3.05) is 13.1 Å². The molecule has 1 rings (SSSR count). The van der Waals surface area contributed by atoms with E-state index in [2.05, 4.69) is 25.7 Å². The average molecular weight is 183 g/mol. The van der Waals surface area contributed by atoms with Crippen molar-refractivity contribution in [3.63, 3.8) is 0 Å². The summed E-state index contributed by atoms with van der Waals surface area (Å²) in [6.07, 6.45) is 3.64. The standard InChI is InChI=1S/C11H21NO/c1-11(2,3)12-8-4-6-10(13)7-5-9-12/h4-9H2,1-3H3. The van der Waals surface area contributed by atoms with E-state index in [1.807, 2.05) is 0 Å². The fourth-order valence-electron chi connectivity index (χ4n) is 1.84. The molecule has 1 heterocycles. The van der Waals surface area contributed by atoms with Crippen molar-refractivity contribution >= 4 is 5.78 Å². The first kappa shape index (κ1) is 10.7. The van der Waals surface area contributed by atoms with Crippen molar-refractivity contribution in [2.24, 2.45) is 0 Å². The smallest absolute Gasteiger partial charge is 0.133 e. The van der Waals surface area contributed by atoms with Gasteiger partial charge in [-0.05, 0) is 46.7 Å². The second kappa shape index (κ2) is 4.23. The monoisotopic (exact) mass is 183 g/mol. The van der Waals surface area contributed by atoms with Crippen molar-refractivity contribution in [1.29, 1.82) is 0 Å². The van der Waals surface area contributed by atoms with E-state index in [1.165, 1.54) is 0 Å². The number of nitrogens with zero attached hydrogens (tertiary/aromatic N) is 1. The quantitative estimate of drug-likeness (QED) is 0.574. The summed E-state index contributed by atoms with van der Waals surface area (Å²) in [6, 6.07) is 0. The van der Waals surface area contributed by atoms with E-state index in [-0.39, 0.29) is 5.54 Å². The molecule has 1 aliphatic rings. The summed E-state index contributed by atoms with van der Waals surface area (Å²) in [4.78, 5) is 13.7.